The second-order valence-electron chi connectivity index (χ2n) is 5.87. The molecule has 0 saturated carbocycles. The van der Waals surface area contributed by atoms with E-state index in [4.69, 9.17) is 0 Å². The highest BCUT2D eigenvalue weighted by Crippen LogP contribution is 2.20. The van der Waals surface area contributed by atoms with Gasteiger partial charge >= 0.3 is 0 Å². The number of rotatable bonds is 8. The van der Waals surface area contributed by atoms with Gasteiger partial charge in [0.2, 0.25) is 10.0 Å². The maximum atomic E-state index is 12.8. The van der Waals surface area contributed by atoms with Crippen molar-refractivity contribution in [2.24, 2.45) is 0 Å². The minimum absolute atomic E-state index is 0. The van der Waals surface area contributed by atoms with E-state index >= 15 is 0 Å². The summed E-state index contributed by atoms with van der Waals surface area (Å²) in [4.78, 5) is 12.8. The lowest BCUT2D eigenvalue weighted by Crippen LogP contribution is -2.24. The predicted octanol–water partition coefficient (Wildman–Crippen LogP) is 3.08. The van der Waals surface area contributed by atoms with Crippen molar-refractivity contribution in [2.75, 3.05) is 18.4 Å². The van der Waals surface area contributed by atoms with E-state index in [0.717, 1.165) is 12.1 Å². The van der Waals surface area contributed by atoms with Gasteiger partial charge in [-0.2, -0.15) is 0 Å². The molecule has 0 aliphatic carbocycles. The van der Waals surface area contributed by atoms with Crippen LogP contribution in [0.1, 0.15) is 35.3 Å². The van der Waals surface area contributed by atoms with Crippen LogP contribution in [0.5, 0.6) is 0 Å². The number of amides is 1. The first-order chi connectivity index (χ1) is 12.4. The topological polar surface area (TPSA) is 87.3 Å². The Kier molecular flexibility index (Phi) is 8.92. The van der Waals surface area contributed by atoms with Crippen molar-refractivity contribution in [3.05, 3.63) is 59.2 Å². The zero-order valence-corrected chi connectivity index (χ0v) is 17.3. The first kappa shape index (κ1) is 23.1. The van der Waals surface area contributed by atoms with Crippen LogP contribution >= 0.6 is 12.4 Å². The van der Waals surface area contributed by atoms with E-state index in [1.807, 2.05) is 31.2 Å². The van der Waals surface area contributed by atoms with Crippen molar-refractivity contribution in [1.82, 2.24) is 10.0 Å². The normalized spacial score (nSPS) is 10.9. The average molecular weight is 412 g/mol. The predicted molar refractivity (Wildman–Crippen MR) is 111 cm³/mol. The van der Waals surface area contributed by atoms with Gasteiger partial charge in [0.05, 0.1) is 4.90 Å². The van der Waals surface area contributed by atoms with E-state index in [1.54, 1.807) is 19.9 Å². The van der Waals surface area contributed by atoms with Crippen LogP contribution in [0.25, 0.3) is 0 Å². The van der Waals surface area contributed by atoms with Gasteiger partial charge in [0.1, 0.15) is 0 Å². The fraction of sp³-hybridized carbons (Fsp3) is 0.316. The number of para-hydroxylation sites is 1. The highest BCUT2D eigenvalue weighted by molar-refractivity contribution is 7.89. The molecule has 0 fully saturated rings. The van der Waals surface area contributed by atoms with Gasteiger partial charge in [0.25, 0.3) is 5.91 Å². The number of nitrogens with one attached hydrogen (secondary N) is 3. The summed E-state index contributed by atoms with van der Waals surface area (Å²) in [5.41, 5.74) is 2.72. The fourth-order valence-corrected chi connectivity index (χ4v) is 3.60. The molecule has 0 heterocycles. The molecule has 2 rings (SSSR count). The molecule has 148 valence electrons. The highest BCUT2D eigenvalue weighted by Gasteiger charge is 2.18. The van der Waals surface area contributed by atoms with Crippen LogP contribution in [0, 0.1) is 6.92 Å². The summed E-state index contributed by atoms with van der Waals surface area (Å²) in [6.07, 6.45) is 0. The molecule has 0 spiro atoms. The summed E-state index contributed by atoms with van der Waals surface area (Å²) in [5, 5.41) is 6.13. The number of anilines is 1. The third-order valence-electron chi connectivity index (χ3n) is 3.93. The maximum absolute atomic E-state index is 12.8. The monoisotopic (exact) mass is 411 g/mol. The zero-order chi connectivity index (χ0) is 19.2. The summed E-state index contributed by atoms with van der Waals surface area (Å²) in [5.74, 6) is -0.333. The van der Waals surface area contributed by atoms with Crippen molar-refractivity contribution in [2.45, 2.75) is 32.2 Å². The Labute approximate surface area is 167 Å². The number of carbonyl (C=O) groups is 1. The molecule has 1 amide bonds. The number of halogens is 1. The first-order valence-electron chi connectivity index (χ1n) is 8.59. The van der Waals surface area contributed by atoms with Crippen molar-refractivity contribution in [3.8, 4) is 0 Å². The van der Waals surface area contributed by atoms with Crippen LogP contribution in [0.15, 0.2) is 47.4 Å². The summed E-state index contributed by atoms with van der Waals surface area (Å²) in [7, 11) is -3.62. The summed E-state index contributed by atoms with van der Waals surface area (Å²) < 4.78 is 26.8. The van der Waals surface area contributed by atoms with Crippen molar-refractivity contribution >= 4 is 34.0 Å². The standard InChI is InChI=1S/C19H25N3O3S.ClH/c1-4-20-13-15-8-6-7-9-18(15)22-19(23)17-12-16(11-10-14(17)3)26(24,25)21-5-2;/h6-12,20-21H,4-5,13H2,1-3H3,(H,22,23);1H. The lowest BCUT2D eigenvalue weighted by molar-refractivity contribution is 0.102. The Bertz CT molecular complexity index is 886. The maximum Gasteiger partial charge on any atom is 0.255 e. The van der Waals surface area contributed by atoms with Gasteiger partial charge in [0, 0.05) is 24.3 Å². The van der Waals surface area contributed by atoms with Gasteiger partial charge in [-0.1, -0.05) is 38.1 Å². The van der Waals surface area contributed by atoms with E-state index in [9.17, 15) is 13.2 Å². The van der Waals surface area contributed by atoms with Gasteiger partial charge < -0.3 is 10.6 Å². The Balaban J connectivity index is 0.00000364. The molecule has 0 saturated heterocycles. The lowest BCUT2D eigenvalue weighted by atomic mass is 10.1. The van der Waals surface area contributed by atoms with Crippen LogP contribution in [-0.4, -0.2) is 27.4 Å². The second kappa shape index (κ2) is 10.4. The van der Waals surface area contributed by atoms with Gasteiger partial charge in [-0.3, -0.25) is 4.79 Å². The molecule has 3 N–H and O–H groups in total. The molecular formula is C19H26ClN3O3S. The number of aryl methyl sites for hydroxylation is 1. The number of benzene rings is 2. The SMILES string of the molecule is CCNCc1ccccc1NC(=O)c1cc(S(=O)(=O)NCC)ccc1C.Cl. The summed E-state index contributed by atoms with van der Waals surface area (Å²) in [6, 6.07) is 12.1. The molecule has 0 atom stereocenters. The van der Waals surface area contributed by atoms with Crippen LogP contribution in [0.4, 0.5) is 5.69 Å². The van der Waals surface area contributed by atoms with Gasteiger partial charge in [0.15, 0.2) is 0 Å². The Morgan fingerprint density at radius 2 is 1.74 bits per heavy atom. The summed E-state index contributed by atoms with van der Waals surface area (Å²) >= 11 is 0. The quantitative estimate of drug-likeness (QED) is 0.623. The number of carbonyl (C=O) groups excluding carboxylic acids is 1. The molecule has 0 unspecified atom stereocenters. The van der Waals surface area contributed by atoms with E-state index in [1.165, 1.54) is 12.1 Å². The minimum Gasteiger partial charge on any atom is -0.322 e. The highest BCUT2D eigenvalue weighted by atomic mass is 35.5. The van der Waals surface area contributed by atoms with Gasteiger partial charge in [-0.25, -0.2) is 13.1 Å². The van der Waals surface area contributed by atoms with Gasteiger partial charge in [-0.05, 0) is 42.8 Å². The van der Waals surface area contributed by atoms with Crippen LogP contribution in [0.2, 0.25) is 0 Å². The van der Waals surface area contributed by atoms with E-state index in [-0.39, 0.29) is 29.8 Å². The molecule has 0 bridgehead atoms. The summed E-state index contributed by atoms with van der Waals surface area (Å²) in [6.45, 7) is 7.26. The first-order valence-corrected chi connectivity index (χ1v) is 10.1. The van der Waals surface area contributed by atoms with E-state index < -0.39 is 10.0 Å². The van der Waals surface area contributed by atoms with Crippen molar-refractivity contribution in [1.29, 1.82) is 0 Å². The third-order valence-corrected chi connectivity index (χ3v) is 5.47. The van der Waals surface area contributed by atoms with Crippen LogP contribution < -0.4 is 15.4 Å². The van der Waals surface area contributed by atoms with Crippen LogP contribution in [0.3, 0.4) is 0 Å². The minimum atomic E-state index is -3.62. The number of sulfonamides is 1. The van der Waals surface area contributed by atoms with Crippen molar-refractivity contribution in [3.63, 3.8) is 0 Å². The second-order valence-corrected chi connectivity index (χ2v) is 7.64. The largest absolute Gasteiger partial charge is 0.322 e. The molecule has 6 nitrogen and oxygen atoms in total. The molecule has 2 aromatic carbocycles. The third kappa shape index (κ3) is 6.04. The lowest BCUT2D eigenvalue weighted by Gasteiger charge is -2.13. The van der Waals surface area contributed by atoms with Gasteiger partial charge in [-0.15, -0.1) is 12.4 Å². The molecule has 0 aliphatic heterocycles. The average Bonchev–Trinajstić information content (AvgIpc) is 2.61. The molecule has 2 aromatic rings. The van der Waals surface area contributed by atoms with Crippen LogP contribution in [-0.2, 0) is 16.6 Å². The van der Waals surface area contributed by atoms with E-state index in [0.29, 0.717) is 23.4 Å². The Morgan fingerprint density at radius 3 is 2.41 bits per heavy atom. The Morgan fingerprint density at radius 1 is 1.04 bits per heavy atom. The molecule has 0 aliphatic rings. The number of hydrogen-bond donors (Lipinski definition) is 3. The van der Waals surface area contributed by atoms with E-state index in [2.05, 4.69) is 15.4 Å². The molecule has 0 aromatic heterocycles. The molecule has 27 heavy (non-hydrogen) atoms. The smallest absolute Gasteiger partial charge is 0.255 e. The molecular weight excluding hydrogens is 386 g/mol. The fourth-order valence-electron chi connectivity index (χ4n) is 2.53. The zero-order valence-electron chi connectivity index (χ0n) is 15.7. The molecule has 0 radical (unpaired) electrons. The number of hydrogen-bond acceptors (Lipinski definition) is 4. The van der Waals surface area contributed by atoms with Crippen molar-refractivity contribution < 1.29 is 13.2 Å². The molecule has 8 heteroatoms. The Hall–Kier alpha value is -1.93.